The van der Waals surface area contributed by atoms with Crippen LogP contribution >= 0.6 is 0 Å². The van der Waals surface area contributed by atoms with E-state index in [0.717, 1.165) is 18.2 Å². The first-order valence-corrected chi connectivity index (χ1v) is 9.01. The Hall–Kier alpha value is -3.15. The van der Waals surface area contributed by atoms with Crippen LogP contribution in [0.1, 0.15) is 35.7 Å². The van der Waals surface area contributed by atoms with Crippen LogP contribution in [0.2, 0.25) is 0 Å². The lowest BCUT2D eigenvalue weighted by molar-refractivity contribution is 0.0740. The van der Waals surface area contributed by atoms with Crippen molar-refractivity contribution in [3.05, 3.63) is 70.3 Å². The molecule has 0 unspecified atom stereocenters. The predicted molar refractivity (Wildman–Crippen MR) is 105 cm³/mol. The molecule has 1 N–H and O–H groups in total. The zero-order valence-corrected chi connectivity index (χ0v) is 15.6. The molecule has 0 fully saturated rings. The van der Waals surface area contributed by atoms with Gasteiger partial charge in [-0.2, -0.15) is 0 Å². The number of nitrogens with one attached hydrogen (secondary N) is 1. The summed E-state index contributed by atoms with van der Waals surface area (Å²) in [6.07, 6.45) is 5.04. The summed E-state index contributed by atoms with van der Waals surface area (Å²) in [7, 11) is 1.59. The fourth-order valence-electron chi connectivity index (χ4n) is 2.95. The fraction of sp³-hybridized carbons (Fsp3) is 0.286. The van der Waals surface area contributed by atoms with E-state index in [2.05, 4.69) is 16.9 Å². The van der Waals surface area contributed by atoms with E-state index in [4.69, 9.17) is 4.74 Å². The van der Waals surface area contributed by atoms with Crippen LogP contribution in [0.4, 0.5) is 0 Å². The number of methoxy groups -OCH3 is 1. The number of hydrogen-bond acceptors (Lipinski definition) is 4. The smallest absolute Gasteiger partial charge is 0.254 e. The summed E-state index contributed by atoms with van der Waals surface area (Å²) in [4.78, 5) is 34.0. The summed E-state index contributed by atoms with van der Waals surface area (Å²) in [6.45, 7) is 2.93. The molecule has 3 aromatic rings. The van der Waals surface area contributed by atoms with Gasteiger partial charge in [-0.1, -0.05) is 13.3 Å². The van der Waals surface area contributed by atoms with E-state index >= 15 is 0 Å². The SMILES string of the molecule is CCCCN(Cc1cc2ccc(OC)cc2[nH]c1=O)C(=O)c1ccncc1. The Labute approximate surface area is 157 Å². The number of fused-ring (bicyclic) bond motifs is 1. The standard InChI is InChI=1S/C21H23N3O3/c1-3-4-11-24(21(26)15-7-9-22-10-8-15)14-17-12-16-5-6-18(27-2)13-19(16)23-20(17)25/h5-10,12-13H,3-4,11,14H2,1-2H3,(H,23,25). The summed E-state index contributed by atoms with van der Waals surface area (Å²) >= 11 is 0. The number of amides is 1. The topological polar surface area (TPSA) is 75.3 Å². The Kier molecular flexibility index (Phi) is 5.86. The lowest BCUT2D eigenvalue weighted by Gasteiger charge is -2.22. The summed E-state index contributed by atoms with van der Waals surface area (Å²) in [5.41, 5.74) is 1.65. The molecule has 1 aromatic carbocycles. The number of aromatic nitrogens is 2. The largest absolute Gasteiger partial charge is 0.497 e. The van der Waals surface area contributed by atoms with Gasteiger partial charge < -0.3 is 14.6 Å². The zero-order valence-electron chi connectivity index (χ0n) is 15.6. The molecule has 0 spiro atoms. The van der Waals surface area contributed by atoms with E-state index in [1.165, 1.54) is 0 Å². The Morgan fingerprint density at radius 2 is 1.96 bits per heavy atom. The Morgan fingerprint density at radius 1 is 1.19 bits per heavy atom. The first-order valence-electron chi connectivity index (χ1n) is 9.01. The minimum atomic E-state index is -0.195. The molecule has 0 radical (unpaired) electrons. The minimum absolute atomic E-state index is 0.0972. The van der Waals surface area contributed by atoms with Gasteiger partial charge >= 0.3 is 0 Å². The second kappa shape index (κ2) is 8.49. The lowest BCUT2D eigenvalue weighted by atomic mass is 10.1. The van der Waals surface area contributed by atoms with Gasteiger partial charge in [0.25, 0.3) is 11.5 Å². The third kappa shape index (κ3) is 4.34. The third-order valence-corrected chi connectivity index (χ3v) is 4.49. The van der Waals surface area contributed by atoms with E-state index in [0.29, 0.717) is 28.9 Å². The quantitative estimate of drug-likeness (QED) is 0.696. The second-order valence-corrected chi connectivity index (χ2v) is 6.39. The van der Waals surface area contributed by atoms with Crippen LogP contribution in [-0.2, 0) is 6.54 Å². The minimum Gasteiger partial charge on any atom is -0.497 e. The Balaban J connectivity index is 1.92. The molecule has 6 heteroatoms. The molecule has 1 amide bonds. The first-order chi connectivity index (χ1) is 13.1. The number of pyridine rings is 2. The number of carbonyl (C=O) groups is 1. The van der Waals surface area contributed by atoms with Gasteiger partial charge in [-0.3, -0.25) is 14.6 Å². The van der Waals surface area contributed by atoms with Crippen molar-refractivity contribution < 1.29 is 9.53 Å². The molecule has 3 rings (SSSR count). The van der Waals surface area contributed by atoms with Crippen LogP contribution in [0, 0.1) is 0 Å². The normalized spacial score (nSPS) is 10.7. The van der Waals surface area contributed by atoms with Gasteiger partial charge in [-0.05, 0) is 42.1 Å². The van der Waals surface area contributed by atoms with Crippen molar-refractivity contribution in [3.63, 3.8) is 0 Å². The Bertz CT molecular complexity index is 983. The highest BCUT2D eigenvalue weighted by molar-refractivity contribution is 5.94. The van der Waals surface area contributed by atoms with Crippen molar-refractivity contribution in [2.45, 2.75) is 26.3 Å². The van der Waals surface area contributed by atoms with Crippen LogP contribution in [0.15, 0.2) is 53.6 Å². The molecule has 0 saturated carbocycles. The maximum atomic E-state index is 12.9. The number of ether oxygens (including phenoxy) is 1. The van der Waals surface area contributed by atoms with Gasteiger partial charge in [-0.25, -0.2) is 0 Å². The molecule has 6 nitrogen and oxygen atoms in total. The lowest BCUT2D eigenvalue weighted by Crippen LogP contribution is -2.33. The van der Waals surface area contributed by atoms with Crippen molar-refractivity contribution in [1.82, 2.24) is 14.9 Å². The highest BCUT2D eigenvalue weighted by Crippen LogP contribution is 2.19. The summed E-state index contributed by atoms with van der Waals surface area (Å²) < 4.78 is 5.20. The van der Waals surface area contributed by atoms with Gasteiger partial charge in [0.05, 0.1) is 19.2 Å². The zero-order chi connectivity index (χ0) is 19.2. The maximum absolute atomic E-state index is 12.9. The van der Waals surface area contributed by atoms with Crippen LogP contribution in [-0.4, -0.2) is 34.4 Å². The summed E-state index contributed by atoms with van der Waals surface area (Å²) in [5, 5.41) is 0.900. The average Bonchev–Trinajstić information content (AvgIpc) is 2.71. The number of benzene rings is 1. The molecule has 27 heavy (non-hydrogen) atoms. The number of carbonyl (C=O) groups excluding carboxylic acids is 1. The molecule has 0 aliphatic heterocycles. The van der Waals surface area contributed by atoms with Crippen molar-refractivity contribution in [2.24, 2.45) is 0 Å². The molecule has 0 saturated heterocycles. The van der Waals surface area contributed by atoms with Gasteiger partial charge in [0, 0.05) is 36.1 Å². The molecule has 0 aliphatic rings. The number of nitrogens with zero attached hydrogens (tertiary/aromatic N) is 2. The first kappa shape index (κ1) is 18.6. The summed E-state index contributed by atoms with van der Waals surface area (Å²) in [6, 6.07) is 10.8. The highest BCUT2D eigenvalue weighted by atomic mass is 16.5. The summed E-state index contributed by atoms with van der Waals surface area (Å²) in [5.74, 6) is 0.586. The number of unbranched alkanes of at least 4 members (excludes halogenated alkanes) is 1. The van der Waals surface area contributed by atoms with Gasteiger partial charge in [0.2, 0.25) is 0 Å². The van der Waals surface area contributed by atoms with Crippen molar-refractivity contribution in [1.29, 1.82) is 0 Å². The molecule has 2 aromatic heterocycles. The van der Waals surface area contributed by atoms with Crippen LogP contribution in [0.25, 0.3) is 10.9 Å². The van der Waals surface area contributed by atoms with E-state index in [-0.39, 0.29) is 18.0 Å². The van der Waals surface area contributed by atoms with Gasteiger partial charge in [-0.15, -0.1) is 0 Å². The molecular formula is C21H23N3O3. The Morgan fingerprint density at radius 3 is 2.67 bits per heavy atom. The molecule has 0 aliphatic carbocycles. The molecular weight excluding hydrogens is 342 g/mol. The molecule has 0 bridgehead atoms. The fourth-order valence-corrected chi connectivity index (χ4v) is 2.95. The number of hydrogen-bond donors (Lipinski definition) is 1. The average molecular weight is 365 g/mol. The monoisotopic (exact) mass is 365 g/mol. The highest BCUT2D eigenvalue weighted by Gasteiger charge is 2.17. The second-order valence-electron chi connectivity index (χ2n) is 6.39. The van der Waals surface area contributed by atoms with Gasteiger partial charge in [0.1, 0.15) is 5.75 Å². The van der Waals surface area contributed by atoms with Gasteiger partial charge in [0.15, 0.2) is 0 Å². The number of rotatable bonds is 7. The van der Waals surface area contributed by atoms with Crippen molar-refractivity contribution in [2.75, 3.05) is 13.7 Å². The maximum Gasteiger partial charge on any atom is 0.254 e. The third-order valence-electron chi connectivity index (χ3n) is 4.49. The predicted octanol–water partition coefficient (Wildman–Crippen LogP) is 3.37. The van der Waals surface area contributed by atoms with E-state index in [9.17, 15) is 9.59 Å². The van der Waals surface area contributed by atoms with Crippen LogP contribution < -0.4 is 10.3 Å². The molecule has 140 valence electrons. The van der Waals surface area contributed by atoms with E-state index < -0.39 is 0 Å². The number of H-pyrrole nitrogens is 1. The van der Waals surface area contributed by atoms with Crippen LogP contribution in [0.5, 0.6) is 5.75 Å². The van der Waals surface area contributed by atoms with Crippen molar-refractivity contribution in [3.8, 4) is 5.75 Å². The van der Waals surface area contributed by atoms with Crippen LogP contribution in [0.3, 0.4) is 0 Å². The van der Waals surface area contributed by atoms with E-state index in [1.54, 1.807) is 42.6 Å². The van der Waals surface area contributed by atoms with E-state index in [1.807, 2.05) is 18.2 Å². The van der Waals surface area contributed by atoms with Crippen molar-refractivity contribution >= 4 is 16.8 Å². The molecule has 2 heterocycles. The number of aromatic amines is 1. The molecule has 0 atom stereocenters.